The molecule has 0 saturated heterocycles. The van der Waals surface area contributed by atoms with Gasteiger partial charge in [-0.05, 0) is 23.5 Å². The molecule has 2 rings (SSSR count). The van der Waals surface area contributed by atoms with Crippen molar-refractivity contribution in [2.45, 2.75) is 51.9 Å². The van der Waals surface area contributed by atoms with Gasteiger partial charge in [0, 0.05) is 18.3 Å². The first-order chi connectivity index (χ1) is 11.2. The Bertz CT molecular complexity index is 615. The van der Waals surface area contributed by atoms with Gasteiger partial charge in [-0.3, -0.25) is 0 Å². The van der Waals surface area contributed by atoms with Gasteiger partial charge < -0.3 is 0 Å². The Morgan fingerprint density at radius 1 is 0.826 bits per heavy atom. The van der Waals surface area contributed by atoms with Crippen molar-refractivity contribution in [1.29, 1.82) is 0 Å². The van der Waals surface area contributed by atoms with Crippen molar-refractivity contribution in [3.63, 3.8) is 0 Å². The molecular weight excluding hydrogens is 276 g/mol. The quantitative estimate of drug-likeness (QED) is 0.427. The van der Waals surface area contributed by atoms with Gasteiger partial charge in [-0.2, -0.15) is 0 Å². The van der Waals surface area contributed by atoms with Gasteiger partial charge in [0.05, 0.1) is 0 Å². The first kappa shape index (κ1) is 17.4. The first-order valence-corrected chi connectivity index (χ1v) is 8.82. The molecule has 0 heterocycles. The highest BCUT2D eigenvalue weighted by Crippen LogP contribution is 2.38. The van der Waals surface area contributed by atoms with Crippen molar-refractivity contribution in [2.24, 2.45) is 5.92 Å². The zero-order chi connectivity index (χ0) is 16.5. The minimum absolute atomic E-state index is 0.351. The topological polar surface area (TPSA) is 0 Å². The van der Waals surface area contributed by atoms with E-state index in [2.05, 4.69) is 93.3 Å². The molecule has 3 atom stereocenters. The molecule has 0 aliphatic carbocycles. The smallest absolute Gasteiger partial charge is 0.0249 e. The van der Waals surface area contributed by atoms with Crippen LogP contribution in [0.4, 0.5) is 0 Å². The lowest BCUT2D eigenvalue weighted by molar-refractivity contribution is 0.485. The molecule has 0 aromatic heterocycles. The largest absolute Gasteiger partial charge is 0.103 e. The molecule has 0 aliphatic heterocycles. The van der Waals surface area contributed by atoms with Crippen molar-refractivity contribution >= 4 is 0 Å². The molecule has 120 valence electrons. The Balaban J connectivity index is 2.26. The van der Waals surface area contributed by atoms with Crippen LogP contribution < -0.4 is 0 Å². The van der Waals surface area contributed by atoms with E-state index in [0.717, 1.165) is 6.42 Å². The van der Waals surface area contributed by atoms with Crippen LogP contribution in [0.1, 0.15) is 63.0 Å². The van der Waals surface area contributed by atoms with Gasteiger partial charge in [-0.25, -0.2) is 0 Å². The summed E-state index contributed by atoms with van der Waals surface area (Å²) in [4.78, 5) is 0. The molecule has 0 N–H and O–H groups in total. The number of hydrogen-bond acceptors (Lipinski definition) is 0. The summed E-state index contributed by atoms with van der Waals surface area (Å²) in [7, 11) is 0. The Kier molecular flexibility index (Phi) is 6.95. The van der Waals surface area contributed by atoms with Crippen LogP contribution >= 0.6 is 0 Å². The van der Waals surface area contributed by atoms with Crippen molar-refractivity contribution in [2.75, 3.05) is 0 Å². The average molecular weight is 304 g/mol. The number of hydrogen-bond donors (Lipinski definition) is 0. The van der Waals surface area contributed by atoms with Crippen LogP contribution in [0.5, 0.6) is 0 Å². The van der Waals surface area contributed by atoms with Crippen molar-refractivity contribution in [3.05, 3.63) is 71.8 Å². The van der Waals surface area contributed by atoms with Gasteiger partial charge in [-0.15, -0.1) is 5.92 Å². The SMILES string of the molecule is CCCCC#C[C@@H](C)[C@@H](c1ccccc1)[C@@H](C)c1ccccc1. The minimum Gasteiger partial charge on any atom is -0.103 e. The second-order valence-electron chi connectivity index (χ2n) is 6.35. The summed E-state index contributed by atoms with van der Waals surface area (Å²) in [6.07, 6.45) is 3.43. The Morgan fingerprint density at radius 2 is 1.39 bits per heavy atom. The van der Waals surface area contributed by atoms with Crippen LogP contribution in [0.2, 0.25) is 0 Å². The van der Waals surface area contributed by atoms with E-state index in [9.17, 15) is 0 Å². The van der Waals surface area contributed by atoms with Crippen molar-refractivity contribution in [3.8, 4) is 11.8 Å². The molecule has 0 bridgehead atoms. The summed E-state index contributed by atoms with van der Waals surface area (Å²) in [5.74, 6) is 8.14. The molecule has 2 aromatic carbocycles. The van der Waals surface area contributed by atoms with Crippen LogP contribution in [-0.2, 0) is 0 Å². The number of rotatable bonds is 6. The maximum atomic E-state index is 3.52. The molecule has 0 amide bonds. The van der Waals surface area contributed by atoms with Gasteiger partial charge in [0.2, 0.25) is 0 Å². The second-order valence-corrected chi connectivity index (χ2v) is 6.35. The highest BCUT2D eigenvalue weighted by atomic mass is 14.3. The zero-order valence-electron chi connectivity index (χ0n) is 14.6. The Morgan fingerprint density at radius 3 is 1.96 bits per heavy atom. The predicted octanol–water partition coefficient (Wildman–Crippen LogP) is 6.40. The van der Waals surface area contributed by atoms with Crippen molar-refractivity contribution in [1.82, 2.24) is 0 Å². The monoisotopic (exact) mass is 304 g/mol. The van der Waals surface area contributed by atoms with E-state index >= 15 is 0 Å². The molecule has 0 radical (unpaired) electrons. The Labute approximate surface area is 142 Å². The number of benzene rings is 2. The van der Waals surface area contributed by atoms with Crippen LogP contribution in [-0.4, -0.2) is 0 Å². The van der Waals surface area contributed by atoms with E-state index in [1.807, 2.05) is 0 Å². The normalized spacial score (nSPS) is 14.4. The van der Waals surface area contributed by atoms with E-state index in [0.29, 0.717) is 17.8 Å². The third kappa shape index (κ3) is 5.00. The van der Waals surface area contributed by atoms with E-state index in [1.54, 1.807) is 0 Å². The lowest BCUT2D eigenvalue weighted by atomic mass is 9.75. The minimum atomic E-state index is 0.351. The molecule has 0 saturated carbocycles. The number of unbranched alkanes of at least 4 members (excludes halogenated alkanes) is 2. The molecule has 0 unspecified atom stereocenters. The molecule has 0 nitrogen and oxygen atoms in total. The summed E-state index contributed by atoms with van der Waals surface area (Å²) in [6.45, 7) is 6.82. The van der Waals surface area contributed by atoms with Crippen LogP contribution in [0.25, 0.3) is 0 Å². The second kappa shape index (κ2) is 9.21. The van der Waals surface area contributed by atoms with Gasteiger partial charge in [0.15, 0.2) is 0 Å². The van der Waals surface area contributed by atoms with Gasteiger partial charge in [0.1, 0.15) is 0 Å². The molecule has 0 spiro atoms. The zero-order valence-corrected chi connectivity index (χ0v) is 14.6. The summed E-state index contributed by atoms with van der Waals surface area (Å²) < 4.78 is 0. The third-order valence-corrected chi connectivity index (χ3v) is 4.57. The molecule has 0 heteroatoms. The summed E-state index contributed by atoms with van der Waals surface area (Å²) in [6, 6.07) is 21.7. The Hall–Kier alpha value is -2.00. The molecule has 0 fully saturated rings. The van der Waals surface area contributed by atoms with Crippen molar-refractivity contribution < 1.29 is 0 Å². The third-order valence-electron chi connectivity index (χ3n) is 4.57. The molecule has 0 aliphatic rings. The van der Waals surface area contributed by atoms with Gasteiger partial charge >= 0.3 is 0 Å². The fraction of sp³-hybridized carbons (Fsp3) is 0.391. The van der Waals surface area contributed by atoms with E-state index < -0.39 is 0 Å². The van der Waals surface area contributed by atoms with Crippen LogP contribution in [0.15, 0.2) is 60.7 Å². The summed E-state index contributed by atoms with van der Waals surface area (Å²) >= 11 is 0. The average Bonchev–Trinajstić information content (AvgIpc) is 2.60. The highest BCUT2D eigenvalue weighted by molar-refractivity contribution is 5.30. The maximum Gasteiger partial charge on any atom is 0.0249 e. The summed E-state index contributed by atoms with van der Waals surface area (Å²) in [5, 5.41) is 0. The fourth-order valence-corrected chi connectivity index (χ4v) is 3.24. The van der Waals surface area contributed by atoms with E-state index in [4.69, 9.17) is 0 Å². The first-order valence-electron chi connectivity index (χ1n) is 8.82. The highest BCUT2D eigenvalue weighted by Gasteiger charge is 2.25. The van der Waals surface area contributed by atoms with Gasteiger partial charge in [-0.1, -0.05) is 93.8 Å². The van der Waals surface area contributed by atoms with Crippen LogP contribution in [0.3, 0.4) is 0 Å². The summed E-state index contributed by atoms with van der Waals surface area (Å²) in [5.41, 5.74) is 2.78. The standard InChI is InChI=1S/C23H28/c1-4-5-6-9-14-19(2)23(22-17-12-8-13-18-22)20(3)21-15-10-7-11-16-21/h7-8,10-13,15-20,23H,4-6H2,1-3H3/t19-,20+,23-/m1/s1. The fourth-order valence-electron chi connectivity index (χ4n) is 3.24. The van der Waals surface area contributed by atoms with Gasteiger partial charge in [0.25, 0.3) is 0 Å². The lowest BCUT2D eigenvalue weighted by Gasteiger charge is -2.28. The van der Waals surface area contributed by atoms with E-state index in [1.165, 1.54) is 24.0 Å². The maximum absolute atomic E-state index is 3.52. The lowest BCUT2D eigenvalue weighted by Crippen LogP contribution is -2.15. The molecule has 23 heavy (non-hydrogen) atoms. The van der Waals surface area contributed by atoms with Crippen LogP contribution in [0, 0.1) is 17.8 Å². The molecule has 2 aromatic rings. The predicted molar refractivity (Wildman–Crippen MR) is 101 cm³/mol. The molecular formula is C23H28. The van der Waals surface area contributed by atoms with E-state index in [-0.39, 0.29) is 0 Å².